The van der Waals surface area contributed by atoms with E-state index in [1.807, 2.05) is 0 Å². The molecule has 0 radical (unpaired) electrons. The largest absolute Gasteiger partial charge is 0.478 e. The zero-order valence-corrected chi connectivity index (χ0v) is 6.51. The van der Waals surface area contributed by atoms with Gasteiger partial charge in [0.2, 0.25) is 0 Å². The summed E-state index contributed by atoms with van der Waals surface area (Å²) in [6, 6.07) is 4.54. The van der Waals surface area contributed by atoms with Crippen molar-refractivity contribution in [2.45, 2.75) is 4.90 Å². The van der Waals surface area contributed by atoms with Crippen LogP contribution in [0.5, 0.6) is 0 Å². The number of aromatic carboxylic acids is 1. The molecule has 1 aromatic rings. The molecule has 0 amide bonds. The van der Waals surface area contributed by atoms with E-state index in [2.05, 4.69) is 12.6 Å². The lowest BCUT2D eigenvalue weighted by Crippen LogP contribution is -1.99. The third kappa shape index (κ3) is 1.65. The fourth-order valence-electron chi connectivity index (χ4n) is 0.725. The summed E-state index contributed by atoms with van der Waals surface area (Å²) < 4.78 is 0. The van der Waals surface area contributed by atoms with Gasteiger partial charge in [0, 0.05) is 10.6 Å². The van der Waals surface area contributed by atoms with E-state index in [1.165, 1.54) is 6.07 Å². The van der Waals surface area contributed by atoms with E-state index in [0.717, 1.165) is 0 Å². The van der Waals surface area contributed by atoms with Gasteiger partial charge in [-0.3, -0.25) is 0 Å². The summed E-state index contributed by atoms with van der Waals surface area (Å²) in [5, 5.41) is 8.59. The standard InChI is InChI=1S/C7H7NO2S/c8-4-1-2-6(11)5(3-4)7(9)10/h1-3,11H,8H2,(H,9,10). The monoisotopic (exact) mass is 169 g/mol. The Morgan fingerprint density at radius 2 is 2.18 bits per heavy atom. The Bertz CT molecular complexity index is 298. The Hall–Kier alpha value is -1.16. The van der Waals surface area contributed by atoms with Crippen molar-refractivity contribution in [3.63, 3.8) is 0 Å². The van der Waals surface area contributed by atoms with Crippen molar-refractivity contribution in [2.75, 3.05) is 5.73 Å². The molecule has 3 nitrogen and oxygen atoms in total. The summed E-state index contributed by atoms with van der Waals surface area (Å²) in [6.07, 6.45) is 0. The molecule has 11 heavy (non-hydrogen) atoms. The van der Waals surface area contributed by atoms with E-state index in [9.17, 15) is 4.79 Å². The van der Waals surface area contributed by atoms with E-state index in [1.54, 1.807) is 12.1 Å². The molecule has 0 fully saturated rings. The van der Waals surface area contributed by atoms with Crippen LogP contribution in [-0.4, -0.2) is 11.1 Å². The van der Waals surface area contributed by atoms with Gasteiger partial charge in [0.25, 0.3) is 0 Å². The topological polar surface area (TPSA) is 63.3 Å². The van der Waals surface area contributed by atoms with Crippen LogP contribution in [0.1, 0.15) is 10.4 Å². The second-order valence-corrected chi connectivity index (χ2v) is 2.56. The Morgan fingerprint density at radius 1 is 1.55 bits per heavy atom. The Kier molecular flexibility index (Phi) is 2.05. The molecule has 0 aliphatic carbocycles. The molecule has 0 atom stereocenters. The van der Waals surface area contributed by atoms with Crippen molar-refractivity contribution in [3.8, 4) is 0 Å². The molecule has 1 rings (SSSR count). The van der Waals surface area contributed by atoms with Gasteiger partial charge in [-0.2, -0.15) is 0 Å². The first-order valence-electron chi connectivity index (χ1n) is 2.93. The Labute approximate surface area is 69.2 Å². The molecule has 0 aliphatic rings. The molecule has 1 aromatic carbocycles. The molecule has 0 spiro atoms. The van der Waals surface area contributed by atoms with Crippen LogP contribution in [0.4, 0.5) is 5.69 Å². The first kappa shape index (κ1) is 7.94. The maximum atomic E-state index is 10.5. The van der Waals surface area contributed by atoms with Gasteiger partial charge in [-0.15, -0.1) is 12.6 Å². The zero-order valence-electron chi connectivity index (χ0n) is 5.61. The van der Waals surface area contributed by atoms with Gasteiger partial charge in [0.05, 0.1) is 5.56 Å². The van der Waals surface area contributed by atoms with Crippen LogP contribution < -0.4 is 5.73 Å². The second kappa shape index (κ2) is 2.84. The highest BCUT2D eigenvalue weighted by atomic mass is 32.1. The molecule has 0 saturated heterocycles. The third-order valence-electron chi connectivity index (χ3n) is 1.25. The number of thiol groups is 1. The average molecular weight is 169 g/mol. The number of carboxylic acid groups (broad SMARTS) is 1. The van der Waals surface area contributed by atoms with E-state index in [0.29, 0.717) is 10.6 Å². The minimum absolute atomic E-state index is 0.133. The van der Waals surface area contributed by atoms with Crippen molar-refractivity contribution in [3.05, 3.63) is 23.8 Å². The highest BCUT2D eigenvalue weighted by molar-refractivity contribution is 7.80. The molecule has 0 aliphatic heterocycles. The van der Waals surface area contributed by atoms with Crippen molar-refractivity contribution < 1.29 is 9.90 Å². The van der Waals surface area contributed by atoms with Crippen LogP contribution in [0, 0.1) is 0 Å². The average Bonchev–Trinajstić information content (AvgIpc) is 1.94. The number of rotatable bonds is 1. The molecule has 58 valence electrons. The normalized spacial score (nSPS) is 9.55. The van der Waals surface area contributed by atoms with Gasteiger partial charge in [-0.05, 0) is 18.2 Å². The maximum absolute atomic E-state index is 10.5. The lowest BCUT2D eigenvalue weighted by Gasteiger charge is -1.99. The summed E-state index contributed by atoms with van der Waals surface area (Å²) in [6.45, 7) is 0. The second-order valence-electron chi connectivity index (χ2n) is 2.08. The Morgan fingerprint density at radius 3 is 2.64 bits per heavy atom. The molecule has 3 N–H and O–H groups in total. The highest BCUT2D eigenvalue weighted by Gasteiger charge is 2.06. The number of nitrogens with two attached hydrogens (primary N) is 1. The molecule has 0 saturated carbocycles. The minimum Gasteiger partial charge on any atom is -0.478 e. The van der Waals surface area contributed by atoms with Crippen molar-refractivity contribution >= 4 is 24.3 Å². The summed E-state index contributed by atoms with van der Waals surface area (Å²) in [4.78, 5) is 10.9. The van der Waals surface area contributed by atoms with E-state index < -0.39 is 5.97 Å². The summed E-state index contributed by atoms with van der Waals surface area (Å²) in [5.74, 6) is -1.01. The Balaban J connectivity index is 3.23. The predicted octanol–water partition coefficient (Wildman–Crippen LogP) is 1.26. The highest BCUT2D eigenvalue weighted by Crippen LogP contribution is 2.16. The molecular formula is C7H7NO2S. The zero-order chi connectivity index (χ0) is 8.43. The van der Waals surface area contributed by atoms with Gasteiger partial charge >= 0.3 is 5.97 Å². The molecule has 0 unspecified atom stereocenters. The van der Waals surface area contributed by atoms with Crippen molar-refractivity contribution in [1.82, 2.24) is 0 Å². The number of carbonyl (C=O) groups is 1. The van der Waals surface area contributed by atoms with Gasteiger partial charge in [0.15, 0.2) is 0 Å². The van der Waals surface area contributed by atoms with Crippen LogP contribution in [0.3, 0.4) is 0 Å². The van der Waals surface area contributed by atoms with Gasteiger partial charge < -0.3 is 10.8 Å². The lowest BCUT2D eigenvalue weighted by molar-refractivity contribution is 0.0693. The lowest BCUT2D eigenvalue weighted by atomic mass is 10.2. The van der Waals surface area contributed by atoms with Crippen LogP contribution in [0.2, 0.25) is 0 Å². The van der Waals surface area contributed by atoms with Crippen molar-refractivity contribution in [2.24, 2.45) is 0 Å². The maximum Gasteiger partial charge on any atom is 0.336 e. The van der Waals surface area contributed by atoms with Crippen LogP contribution in [0.25, 0.3) is 0 Å². The van der Waals surface area contributed by atoms with Gasteiger partial charge in [-0.25, -0.2) is 4.79 Å². The molecule has 0 aromatic heterocycles. The van der Waals surface area contributed by atoms with Crippen LogP contribution in [-0.2, 0) is 0 Å². The first-order valence-corrected chi connectivity index (χ1v) is 3.38. The first-order chi connectivity index (χ1) is 5.11. The van der Waals surface area contributed by atoms with Gasteiger partial charge in [-0.1, -0.05) is 0 Å². The molecular weight excluding hydrogens is 162 g/mol. The number of anilines is 1. The summed E-state index contributed by atoms with van der Waals surface area (Å²) in [5.41, 5.74) is 5.93. The summed E-state index contributed by atoms with van der Waals surface area (Å²) in [7, 11) is 0. The number of carboxylic acids is 1. The van der Waals surface area contributed by atoms with E-state index in [-0.39, 0.29) is 5.56 Å². The van der Waals surface area contributed by atoms with E-state index in [4.69, 9.17) is 10.8 Å². The van der Waals surface area contributed by atoms with Crippen molar-refractivity contribution in [1.29, 1.82) is 0 Å². The van der Waals surface area contributed by atoms with Gasteiger partial charge in [0.1, 0.15) is 0 Å². The fourth-order valence-corrected chi connectivity index (χ4v) is 0.960. The van der Waals surface area contributed by atoms with E-state index >= 15 is 0 Å². The number of hydrogen-bond acceptors (Lipinski definition) is 3. The van der Waals surface area contributed by atoms with Crippen LogP contribution >= 0.6 is 12.6 Å². The smallest absolute Gasteiger partial charge is 0.336 e. The summed E-state index contributed by atoms with van der Waals surface area (Å²) >= 11 is 3.95. The quantitative estimate of drug-likeness (QED) is 0.438. The molecule has 0 heterocycles. The number of nitrogen functional groups attached to an aromatic ring is 1. The predicted molar refractivity (Wildman–Crippen MR) is 45.1 cm³/mol. The SMILES string of the molecule is Nc1ccc(S)c(C(=O)O)c1. The molecule has 0 bridgehead atoms. The van der Waals surface area contributed by atoms with Crippen LogP contribution in [0.15, 0.2) is 23.1 Å². The third-order valence-corrected chi connectivity index (χ3v) is 1.64. The minimum atomic E-state index is -1.01. The molecule has 4 heteroatoms. The number of benzene rings is 1. The number of hydrogen-bond donors (Lipinski definition) is 3. The fraction of sp³-hybridized carbons (Fsp3) is 0.